The molecule has 0 aliphatic carbocycles. The number of anilines is 2. The number of aldehydes is 1. The third-order valence-electron chi connectivity index (χ3n) is 2.04. The minimum Gasteiger partial charge on any atom is -0.339 e. The monoisotopic (exact) mass is 311 g/mol. The SMILES string of the molecule is O=Cc1c(Cl)ncnc1Nc1cccc(Br)c1. The molecular weight excluding hydrogens is 305 g/mol. The highest BCUT2D eigenvalue weighted by molar-refractivity contribution is 9.10. The molecule has 4 nitrogen and oxygen atoms in total. The summed E-state index contributed by atoms with van der Waals surface area (Å²) in [6, 6.07) is 7.49. The van der Waals surface area contributed by atoms with Crippen molar-refractivity contribution in [3.05, 3.63) is 45.8 Å². The molecule has 0 saturated carbocycles. The lowest BCUT2D eigenvalue weighted by Gasteiger charge is -2.08. The van der Waals surface area contributed by atoms with Gasteiger partial charge < -0.3 is 5.32 Å². The van der Waals surface area contributed by atoms with Crippen molar-refractivity contribution in [1.82, 2.24) is 9.97 Å². The molecule has 2 aromatic rings. The van der Waals surface area contributed by atoms with Gasteiger partial charge in [0.15, 0.2) is 6.29 Å². The molecule has 0 unspecified atom stereocenters. The van der Waals surface area contributed by atoms with Crippen LogP contribution in [0.25, 0.3) is 0 Å². The van der Waals surface area contributed by atoms with E-state index in [1.807, 2.05) is 24.3 Å². The van der Waals surface area contributed by atoms with Crippen LogP contribution in [0.15, 0.2) is 35.1 Å². The average Bonchev–Trinajstić information content (AvgIpc) is 2.29. The quantitative estimate of drug-likeness (QED) is 0.696. The summed E-state index contributed by atoms with van der Waals surface area (Å²) < 4.78 is 0.926. The van der Waals surface area contributed by atoms with Gasteiger partial charge in [-0.1, -0.05) is 33.6 Å². The van der Waals surface area contributed by atoms with E-state index in [1.54, 1.807) is 0 Å². The van der Waals surface area contributed by atoms with Gasteiger partial charge in [0.25, 0.3) is 0 Å². The van der Waals surface area contributed by atoms with E-state index < -0.39 is 0 Å². The summed E-state index contributed by atoms with van der Waals surface area (Å²) >= 11 is 9.15. The smallest absolute Gasteiger partial charge is 0.156 e. The highest BCUT2D eigenvalue weighted by Crippen LogP contribution is 2.23. The van der Waals surface area contributed by atoms with Crippen molar-refractivity contribution in [2.75, 3.05) is 5.32 Å². The largest absolute Gasteiger partial charge is 0.339 e. The maximum Gasteiger partial charge on any atom is 0.156 e. The fraction of sp³-hybridized carbons (Fsp3) is 0. The van der Waals surface area contributed by atoms with Crippen molar-refractivity contribution in [1.29, 1.82) is 0 Å². The minimum atomic E-state index is 0.132. The second kappa shape index (κ2) is 5.25. The second-order valence-electron chi connectivity index (χ2n) is 3.18. The molecule has 1 aromatic heterocycles. The van der Waals surface area contributed by atoms with Gasteiger partial charge in [0.1, 0.15) is 17.3 Å². The molecule has 2 rings (SSSR count). The summed E-state index contributed by atoms with van der Waals surface area (Å²) in [5, 5.41) is 3.14. The first-order valence-electron chi connectivity index (χ1n) is 4.69. The average molecular weight is 313 g/mol. The number of hydrogen-bond donors (Lipinski definition) is 1. The standard InChI is InChI=1S/C11H7BrClN3O/c12-7-2-1-3-8(4-7)16-11-9(5-17)10(13)14-6-15-11/h1-6H,(H,14,15,16). The molecule has 0 saturated heterocycles. The summed E-state index contributed by atoms with van der Waals surface area (Å²) in [4.78, 5) is 18.6. The number of nitrogens with one attached hydrogen (secondary N) is 1. The molecule has 0 atom stereocenters. The van der Waals surface area contributed by atoms with Gasteiger partial charge >= 0.3 is 0 Å². The number of rotatable bonds is 3. The summed E-state index contributed by atoms with van der Waals surface area (Å²) in [5.41, 5.74) is 1.05. The van der Waals surface area contributed by atoms with E-state index in [4.69, 9.17) is 11.6 Å². The van der Waals surface area contributed by atoms with Gasteiger partial charge in [-0.25, -0.2) is 9.97 Å². The van der Waals surface area contributed by atoms with Crippen LogP contribution in [0.3, 0.4) is 0 Å². The number of hydrogen-bond acceptors (Lipinski definition) is 4. The second-order valence-corrected chi connectivity index (χ2v) is 4.45. The summed E-state index contributed by atoms with van der Waals surface area (Å²) in [6.07, 6.45) is 1.93. The van der Waals surface area contributed by atoms with Crippen molar-refractivity contribution in [3.8, 4) is 0 Å². The molecule has 1 heterocycles. The van der Waals surface area contributed by atoms with Crippen LogP contribution in [-0.2, 0) is 0 Å². The molecule has 0 spiro atoms. The fourth-order valence-electron chi connectivity index (χ4n) is 1.28. The number of nitrogens with zero attached hydrogens (tertiary/aromatic N) is 2. The van der Waals surface area contributed by atoms with Crippen LogP contribution in [0, 0.1) is 0 Å². The van der Waals surface area contributed by atoms with Gasteiger partial charge in [0.2, 0.25) is 0 Å². The van der Waals surface area contributed by atoms with E-state index in [-0.39, 0.29) is 10.7 Å². The summed E-state index contributed by atoms with van der Waals surface area (Å²) in [5.74, 6) is 0.387. The highest BCUT2D eigenvalue weighted by atomic mass is 79.9. The molecule has 0 aliphatic heterocycles. The van der Waals surface area contributed by atoms with E-state index >= 15 is 0 Å². The molecule has 0 fully saturated rings. The van der Waals surface area contributed by atoms with Crippen LogP contribution >= 0.6 is 27.5 Å². The van der Waals surface area contributed by atoms with Crippen LogP contribution in [0.4, 0.5) is 11.5 Å². The van der Waals surface area contributed by atoms with Crippen LogP contribution < -0.4 is 5.32 Å². The maximum atomic E-state index is 10.9. The number of benzene rings is 1. The Balaban J connectivity index is 2.36. The van der Waals surface area contributed by atoms with E-state index in [2.05, 4.69) is 31.2 Å². The van der Waals surface area contributed by atoms with E-state index in [0.29, 0.717) is 12.1 Å². The van der Waals surface area contributed by atoms with Crippen LogP contribution in [0.1, 0.15) is 10.4 Å². The number of carbonyl (C=O) groups excluding carboxylic acids is 1. The Hall–Kier alpha value is -1.46. The molecule has 1 aromatic carbocycles. The number of carbonyl (C=O) groups is 1. The Labute approximate surface area is 111 Å². The zero-order chi connectivity index (χ0) is 12.3. The predicted octanol–water partition coefficient (Wildman–Crippen LogP) is 3.45. The van der Waals surface area contributed by atoms with Gasteiger partial charge in [0, 0.05) is 10.2 Å². The van der Waals surface area contributed by atoms with Crippen LogP contribution in [0.2, 0.25) is 5.15 Å². The first-order valence-corrected chi connectivity index (χ1v) is 5.86. The number of halogens is 2. The molecule has 1 N–H and O–H groups in total. The van der Waals surface area contributed by atoms with Gasteiger partial charge in [-0.3, -0.25) is 4.79 Å². The zero-order valence-corrected chi connectivity index (χ0v) is 10.9. The van der Waals surface area contributed by atoms with E-state index in [1.165, 1.54) is 6.33 Å². The van der Waals surface area contributed by atoms with Crippen molar-refractivity contribution in [3.63, 3.8) is 0 Å². The maximum absolute atomic E-state index is 10.9. The third-order valence-corrected chi connectivity index (χ3v) is 2.83. The lowest BCUT2D eigenvalue weighted by Crippen LogP contribution is -2.00. The van der Waals surface area contributed by atoms with Crippen LogP contribution in [0.5, 0.6) is 0 Å². The third kappa shape index (κ3) is 2.81. The Kier molecular flexibility index (Phi) is 3.71. The first-order chi connectivity index (χ1) is 8.20. The molecule has 86 valence electrons. The van der Waals surface area contributed by atoms with Gasteiger partial charge in [-0.15, -0.1) is 0 Å². The van der Waals surface area contributed by atoms with E-state index in [9.17, 15) is 4.79 Å². The lowest BCUT2D eigenvalue weighted by molar-refractivity contribution is 0.112. The molecular formula is C11H7BrClN3O. The predicted molar refractivity (Wildman–Crippen MR) is 69.9 cm³/mol. The Morgan fingerprint density at radius 1 is 1.35 bits per heavy atom. The van der Waals surface area contributed by atoms with Crippen LogP contribution in [-0.4, -0.2) is 16.3 Å². The molecule has 0 amide bonds. The summed E-state index contributed by atoms with van der Waals surface area (Å²) in [7, 11) is 0. The summed E-state index contributed by atoms with van der Waals surface area (Å²) in [6.45, 7) is 0. The minimum absolute atomic E-state index is 0.132. The molecule has 0 bridgehead atoms. The Morgan fingerprint density at radius 2 is 2.18 bits per heavy atom. The van der Waals surface area contributed by atoms with Crippen molar-refractivity contribution in [2.24, 2.45) is 0 Å². The Bertz CT molecular complexity index is 562. The van der Waals surface area contributed by atoms with Gasteiger partial charge in [-0.2, -0.15) is 0 Å². The highest BCUT2D eigenvalue weighted by Gasteiger charge is 2.08. The number of aromatic nitrogens is 2. The molecule has 0 radical (unpaired) electrons. The Morgan fingerprint density at radius 3 is 2.88 bits per heavy atom. The van der Waals surface area contributed by atoms with Gasteiger partial charge in [0.05, 0.1) is 5.56 Å². The first kappa shape index (κ1) is 12.0. The molecule has 17 heavy (non-hydrogen) atoms. The van der Waals surface area contributed by atoms with E-state index in [0.717, 1.165) is 10.2 Å². The normalized spacial score (nSPS) is 10.0. The fourth-order valence-corrected chi connectivity index (χ4v) is 1.86. The zero-order valence-electron chi connectivity index (χ0n) is 8.52. The van der Waals surface area contributed by atoms with Crippen molar-refractivity contribution >= 4 is 45.3 Å². The molecule has 0 aliphatic rings. The van der Waals surface area contributed by atoms with Crippen molar-refractivity contribution < 1.29 is 4.79 Å². The van der Waals surface area contributed by atoms with Gasteiger partial charge in [-0.05, 0) is 18.2 Å². The van der Waals surface area contributed by atoms with Crippen molar-refractivity contribution in [2.45, 2.75) is 0 Å². The molecule has 6 heteroatoms. The topological polar surface area (TPSA) is 54.9 Å². The lowest BCUT2D eigenvalue weighted by atomic mass is 10.3.